The third-order valence-corrected chi connectivity index (χ3v) is 6.15. The fourth-order valence-electron chi connectivity index (χ4n) is 3.73. The summed E-state index contributed by atoms with van der Waals surface area (Å²) in [7, 11) is 0. The molecule has 3 rings (SSSR count). The molecular formula is C23H29FN4O2S. The Morgan fingerprint density at radius 2 is 1.84 bits per heavy atom. The number of anilines is 2. The molecule has 166 valence electrons. The zero-order chi connectivity index (χ0) is 22.5. The summed E-state index contributed by atoms with van der Waals surface area (Å²) in [6, 6.07) is 4.17. The van der Waals surface area contributed by atoms with Crippen molar-refractivity contribution in [3.63, 3.8) is 0 Å². The summed E-state index contributed by atoms with van der Waals surface area (Å²) in [6.45, 7) is 5.78. The molecule has 1 fully saturated rings. The molecule has 1 aliphatic carbocycles. The molecule has 1 heterocycles. The van der Waals surface area contributed by atoms with Crippen molar-refractivity contribution in [2.75, 3.05) is 16.9 Å². The number of nitrogens with one attached hydrogen (secondary N) is 2. The van der Waals surface area contributed by atoms with Gasteiger partial charge in [0.1, 0.15) is 16.7 Å². The van der Waals surface area contributed by atoms with E-state index in [-0.39, 0.29) is 29.3 Å². The van der Waals surface area contributed by atoms with Crippen LogP contribution < -0.4 is 10.6 Å². The molecule has 1 saturated carbocycles. The fourth-order valence-corrected chi connectivity index (χ4v) is 4.36. The van der Waals surface area contributed by atoms with E-state index in [2.05, 4.69) is 20.6 Å². The van der Waals surface area contributed by atoms with Gasteiger partial charge in [-0.3, -0.25) is 9.59 Å². The first-order chi connectivity index (χ1) is 14.8. The molecule has 0 saturated heterocycles. The van der Waals surface area contributed by atoms with Crippen LogP contribution in [0.15, 0.2) is 23.2 Å². The average molecular weight is 445 g/mol. The monoisotopic (exact) mass is 444 g/mol. The quantitative estimate of drug-likeness (QED) is 0.451. The van der Waals surface area contributed by atoms with E-state index >= 15 is 0 Å². The molecule has 2 aromatic rings. The molecule has 0 aliphatic heterocycles. The Morgan fingerprint density at radius 1 is 1.13 bits per heavy atom. The molecule has 0 spiro atoms. The maximum Gasteiger partial charge on any atom is 0.260 e. The number of carbonyl (C=O) groups excluding carboxylic acids is 2. The van der Waals surface area contributed by atoms with Crippen molar-refractivity contribution in [2.45, 2.75) is 63.8 Å². The standard InChI is InChI=1S/C23H29FN4O2S/c1-13(2)20-25-14(3)19(23(28-20)31-4)22(30)26-16-10-11-17(24)18(12-16)27-21(29)15-8-6-5-7-9-15/h10-13,15H,5-9H2,1-4H3,(H,26,30)(H,27,29). The molecule has 6 nitrogen and oxygen atoms in total. The predicted molar refractivity (Wildman–Crippen MR) is 122 cm³/mol. The van der Waals surface area contributed by atoms with Crippen LogP contribution in [0, 0.1) is 18.7 Å². The van der Waals surface area contributed by atoms with E-state index in [1.807, 2.05) is 20.1 Å². The minimum atomic E-state index is -0.534. The highest BCUT2D eigenvalue weighted by molar-refractivity contribution is 7.98. The van der Waals surface area contributed by atoms with Gasteiger partial charge in [-0.2, -0.15) is 0 Å². The molecule has 2 amide bonds. The number of carbonyl (C=O) groups is 2. The molecule has 0 bridgehead atoms. The molecule has 2 N–H and O–H groups in total. The summed E-state index contributed by atoms with van der Waals surface area (Å²) >= 11 is 1.38. The molecule has 31 heavy (non-hydrogen) atoms. The van der Waals surface area contributed by atoms with Crippen molar-refractivity contribution < 1.29 is 14.0 Å². The lowest BCUT2D eigenvalue weighted by atomic mass is 9.88. The van der Waals surface area contributed by atoms with Crippen LogP contribution in [0.1, 0.15) is 73.7 Å². The van der Waals surface area contributed by atoms with Crippen molar-refractivity contribution in [1.29, 1.82) is 0 Å². The van der Waals surface area contributed by atoms with Crippen LogP contribution in [0.4, 0.5) is 15.8 Å². The van der Waals surface area contributed by atoms with Gasteiger partial charge in [0.15, 0.2) is 0 Å². The molecule has 1 aliphatic rings. The Labute approximate surface area is 186 Å². The normalized spacial score (nSPS) is 14.5. The predicted octanol–water partition coefficient (Wildman–Crippen LogP) is 5.54. The summed E-state index contributed by atoms with van der Waals surface area (Å²) in [4.78, 5) is 34.5. The molecule has 0 unspecified atom stereocenters. The lowest BCUT2D eigenvalue weighted by molar-refractivity contribution is -0.120. The van der Waals surface area contributed by atoms with E-state index in [1.165, 1.54) is 30.0 Å². The highest BCUT2D eigenvalue weighted by Crippen LogP contribution is 2.28. The number of hydrogen-bond donors (Lipinski definition) is 2. The van der Waals surface area contributed by atoms with Crippen molar-refractivity contribution in [3.05, 3.63) is 41.1 Å². The Morgan fingerprint density at radius 3 is 2.48 bits per heavy atom. The Balaban J connectivity index is 1.79. The number of thioether (sulfide) groups is 1. The third kappa shape index (κ3) is 5.61. The highest BCUT2D eigenvalue weighted by atomic mass is 32.2. The number of rotatable bonds is 6. The van der Waals surface area contributed by atoms with Gasteiger partial charge >= 0.3 is 0 Å². The summed E-state index contributed by atoms with van der Waals surface area (Å²) in [5, 5.41) is 6.08. The van der Waals surface area contributed by atoms with Crippen molar-refractivity contribution in [2.24, 2.45) is 5.92 Å². The first-order valence-corrected chi connectivity index (χ1v) is 11.9. The largest absolute Gasteiger partial charge is 0.323 e. The first-order valence-electron chi connectivity index (χ1n) is 10.6. The first kappa shape index (κ1) is 23.2. The molecular weight excluding hydrogens is 415 g/mol. The highest BCUT2D eigenvalue weighted by Gasteiger charge is 2.23. The van der Waals surface area contributed by atoms with E-state index < -0.39 is 5.82 Å². The van der Waals surface area contributed by atoms with Crippen LogP contribution in [-0.2, 0) is 4.79 Å². The number of nitrogens with zero attached hydrogens (tertiary/aromatic N) is 2. The number of hydrogen-bond acceptors (Lipinski definition) is 5. The summed E-state index contributed by atoms with van der Waals surface area (Å²) in [5.41, 5.74) is 1.45. The minimum absolute atomic E-state index is 0.0709. The number of amides is 2. The lowest BCUT2D eigenvalue weighted by Gasteiger charge is -2.21. The number of halogens is 1. The van der Waals surface area contributed by atoms with Gasteiger partial charge in [-0.15, -0.1) is 11.8 Å². The second-order valence-corrected chi connectivity index (χ2v) is 8.97. The number of benzene rings is 1. The maximum absolute atomic E-state index is 14.3. The Hall–Kier alpha value is -2.48. The van der Waals surface area contributed by atoms with Gasteiger partial charge in [-0.05, 0) is 44.2 Å². The maximum atomic E-state index is 14.3. The average Bonchev–Trinajstić information content (AvgIpc) is 2.75. The van der Waals surface area contributed by atoms with Gasteiger partial charge in [0.2, 0.25) is 5.91 Å². The van der Waals surface area contributed by atoms with Crippen LogP contribution in [0.25, 0.3) is 0 Å². The number of aryl methyl sites for hydroxylation is 1. The van der Waals surface area contributed by atoms with Crippen LogP contribution in [-0.4, -0.2) is 28.0 Å². The fraction of sp³-hybridized carbons (Fsp3) is 0.478. The van der Waals surface area contributed by atoms with Gasteiger partial charge in [0, 0.05) is 17.5 Å². The molecule has 0 atom stereocenters. The smallest absolute Gasteiger partial charge is 0.260 e. The van der Waals surface area contributed by atoms with Gasteiger partial charge < -0.3 is 10.6 Å². The van der Waals surface area contributed by atoms with E-state index in [9.17, 15) is 14.0 Å². The van der Waals surface area contributed by atoms with Crippen LogP contribution in [0.5, 0.6) is 0 Å². The van der Waals surface area contributed by atoms with Gasteiger partial charge in [0.05, 0.1) is 16.9 Å². The minimum Gasteiger partial charge on any atom is -0.323 e. The SMILES string of the molecule is CSc1nc(C(C)C)nc(C)c1C(=O)Nc1ccc(F)c(NC(=O)C2CCCCC2)c1. The van der Waals surface area contributed by atoms with E-state index in [4.69, 9.17) is 0 Å². The van der Waals surface area contributed by atoms with E-state index in [0.717, 1.165) is 32.1 Å². The second-order valence-electron chi connectivity index (χ2n) is 8.18. The van der Waals surface area contributed by atoms with Gasteiger partial charge in [-0.25, -0.2) is 14.4 Å². The topological polar surface area (TPSA) is 84.0 Å². The Bertz CT molecular complexity index is 974. The summed E-state index contributed by atoms with van der Waals surface area (Å²) < 4.78 is 14.3. The zero-order valence-electron chi connectivity index (χ0n) is 18.4. The lowest BCUT2D eigenvalue weighted by Crippen LogP contribution is -2.25. The van der Waals surface area contributed by atoms with Crippen molar-refractivity contribution in [1.82, 2.24) is 9.97 Å². The van der Waals surface area contributed by atoms with Crippen molar-refractivity contribution >= 4 is 35.0 Å². The third-order valence-electron chi connectivity index (χ3n) is 5.47. The molecule has 0 radical (unpaired) electrons. The van der Waals surface area contributed by atoms with Crippen LogP contribution in [0.2, 0.25) is 0 Å². The van der Waals surface area contributed by atoms with Crippen molar-refractivity contribution in [3.8, 4) is 0 Å². The van der Waals surface area contributed by atoms with Gasteiger partial charge in [0.25, 0.3) is 5.91 Å². The van der Waals surface area contributed by atoms with E-state index in [1.54, 1.807) is 6.92 Å². The van der Waals surface area contributed by atoms with Crippen LogP contribution in [0.3, 0.4) is 0 Å². The van der Waals surface area contributed by atoms with E-state index in [0.29, 0.717) is 27.8 Å². The summed E-state index contributed by atoms with van der Waals surface area (Å²) in [6.07, 6.45) is 6.69. The Kier molecular flexibility index (Phi) is 7.64. The van der Waals surface area contributed by atoms with Gasteiger partial charge in [-0.1, -0.05) is 33.1 Å². The molecule has 1 aromatic carbocycles. The zero-order valence-corrected chi connectivity index (χ0v) is 19.2. The summed E-state index contributed by atoms with van der Waals surface area (Å²) in [5.74, 6) is -0.321. The molecule has 1 aromatic heterocycles. The second kappa shape index (κ2) is 10.2. The molecule has 8 heteroatoms. The number of aromatic nitrogens is 2. The van der Waals surface area contributed by atoms with Crippen LogP contribution >= 0.6 is 11.8 Å².